The first-order valence-corrected chi connectivity index (χ1v) is 19.0. The number of carbonyl (C=O) groups excluding carboxylic acids is 2. The molecule has 2 nitrogen and oxygen atoms in total. The van der Waals surface area contributed by atoms with Crippen molar-refractivity contribution < 1.29 is 16.1 Å². The summed E-state index contributed by atoms with van der Waals surface area (Å²) in [4.78, 5) is 33.5. The molecule has 120 valence electrons. The van der Waals surface area contributed by atoms with Crippen LogP contribution in [0.15, 0.2) is 0 Å². The van der Waals surface area contributed by atoms with Gasteiger partial charge in [0.15, 0.2) is 0 Å². The Kier molecular flexibility index (Phi) is 0.416. The third kappa shape index (κ3) is 0.109. The van der Waals surface area contributed by atoms with Crippen LogP contribution in [0, 0.1) is 0 Å². The van der Waals surface area contributed by atoms with Gasteiger partial charge in [0.1, 0.15) is 0 Å². The molecule has 10 saturated heterocycles. The van der Waals surface area contributed by atoms with E-state index in [0.717, 1.165) is 33.7 Å². The Morgan fingerprint density at radius 1 is 0.909 bits per heavy atom. The standard InChI is InChI=1S/C13H19O2Si.C5H5.Fe/c1-9(14)12-7-6-11(8-16(3,4)5)13(12)10(2)15;1-2-4-5-3-1;/h6-7H,8H2,1-5H3;1-5H;. The summed E-state index contributed by atoms with van der Waals surface area (Å²) in [7, 11) is -1.21. The van der Waals surface area contributed by atoms with Gasteiger partial charge in [0.2, 0.25) is 0 Å². The summed E-state index contributed by atoms with van der Waals surface area (Å²) in [5, 5.41) is 0. The van der Waals surface area contributed by atoms with Crippen LogP contribution in [-0.2, 0) is 16.1 Å². The molecule has 1 spiro atoms. The Morgan fingerprint density at radius 3 is 1.68 bits per heavy atom. The van der Waals surface area contributed by atoms with Gasteiger partial charge in [0.05, 0.1) is 0 Å². The van der Waals surface area contributed by atoms with Gasteiger partial charge in [-0.15, -0.1) is 0 Å². The van der Waals surface area contributed by atoms with Gasteiger partial charge in [0, 0.05) is 0 Å². The summed E-state index contributed by atoms with van der Waals surface area (Å²) in [5.74, 6) is 1.07. The molecule has 0 aromatic rings. The van der Waals surface area contributed by atoms with Gasteiger partial charge >= 0.3 is 122 Å². The second-order valence-corrected chi connectivity index (χ2v) is 42.3. The summed E-state index contributed by atoms with van der Waals surface area (Å²) >= 11 is 0. The first-order valence-electron chi connectivity index (χ1n) is 9.15. The molecule has 0 aromatic carbocycles. The monoisotopic (exact) mass is 356 g/mol. The van der Waals surface area contributed by atoms with E-state index in [1.807, 2.05) is 13.8 Å². The Hall–Kier alpha value is 0.0764. The van der Waals surface area contributed by atoms with Gasteiger partial charge in [0.25, 0.3) is 0 Å². The number of ketones is 2. The topological polar surface area (TPSA) is 34.1 Å². The van der Waals surface area contributed by atoms with Gasteiger partial charge in [-0.25, -0.2) is 0 Å². The van der Waals surface area contributed by atoms with Crippen molar-refractivity contribution >= 4 is 19.6 Å². The van der Waals surface area contributed by atoms with E-state index in [2.05, 4.69) is 19.6 Å². The second kappa shape index (κ2) is 0.901. The van der Waals surface area contributed by atoms with Gasteiger partial charge in [-0.2, -0.15) is 0 Å². The third-order valence-electron chi connectivity index (χ3n) is 17.1. The zero-order valence-electron chi connectivity index (χ0n) is 13.9. The summed E-state index contributed by atoms with van der Waals surface area (Å²) in [5.41, 5.74) is 0. The minimum atomic E-state index is -3.94. The molecule has 10 aliphatic rings. The van der Waals surface area contributed by atoms with Crippen LogP contribution < -0.4 is 0 Å². The second-order valence-electron chi connectivity index (χ2n) is 13.8. The summed E-state index contributed by atoms with van der Waals surface area (Å²) in [6.07, 6.45) is 0. The summed E-state index contributed by atoms with van der Waals surface area (Å²) in [6, 6.07) is 1.43. The van der Waals surface area contributed by atoms with E-state index in [4.69, 9.17) is 0 Å². The molecule has 10 fully saturated rings. The fourth-order valence-corrected chi connectivity index (χ4v) is 107. The predicted molar refractivity (Wildman–Crippen MR) is 83.8 cm³/mol. The summed E-state index contributed by atoms with van der Waals surface area (Å²) < 4.78 is 0.668. The molecule has 0 N–H and O–H groups in total. The van der Waals surface area contributed by atoms with Crippen molar-refractivity contribution in [3.8, 4) is 0 Å². The fourth-order valence-electron chi connectivity index (χ4n) is 20.7. The average molecular weight is 356 g/mol. The van der Waals surface area contributed by atoms with Gasteiger partial charge in [-0.05, 0) is 0 Å². The molecule has 0 saturated carbocycles. The van der Waals surface area contributed by atoms with E-state index in [1.54, 1.807) is 0 Å². The van der Waals surface area contributed by atoms with Crippen LogP contribution in [0.5, 0.6) is 0 Å². The molecule has 4 heteroatoms. The van der Waals surface area contributed by atoms with Crippen molar-refractivity contribution in [2.75, 3.05) is 0 Å². The molecule has 10 rings (SSSR count). The number of fused-ring (bicyclic) bond motifs is 10. The molecular weight excluding hydrogens is 332 g/mol. The van der Waals surface area contributed by atoms with E-state index in [1.165, 1.54) is 6.04 Å². The maximum absolute atomic E-state index is 13.3. The molecule has 0 bridgehead atoms. The van der Waals surface area contributed by atoms with Crippen LogP contribution in [-0.4, -0.2) is 19.6 Å². The Balaban J connectivity index is 1.55. The number of rotatable bonds is 4. The summed E-state index contributed by atoms with van der Waals surface area (Å²) in [6.45, 7) is 7.47. The quantitative estimate of drug-likeness (QED) is 0.664. The Labute approximate surface area is 122 Å². The first kappa shape index (κ1) is 10.2. The average Bonchev–Trinajstić information content (AvgIpc) is 3.30. The van der Waals surface area contributed by atoms with Crippen LogP contribution in [0.2, 0.25) is 72.3 Å². The Morgan fingerprint density at radius 2 is 1.41 bits per heavy atom. The van der Waals surface area contributed by atoms with E-state index in [9.17, 15) is 9.59 Å². The maximum atomic E-state index is 13.3. The number of hydrogen-bond acceptors (Lipinski definition) is 2. The molecule has 0 amide bonds. The number of carbonyl (C=O) groups is 2. The van der Waals surface area contributed by atoms with E-state index >= 15 is 0 Å². The van der Waals surface area contributed by atoms with Crippen molar-refractivity contribution in [2.45, 2.75) is 86.2 Å². The molecule has 0 aliphatic carbocycles. The van der Waals surface area contributed by atoms with Crippen molar-refractivity contribution in [1.29, 1.82) is 0 Å². The molecule has 5 atom stereocenters. The van der Waals surface area contributed by atoms with E-state index in [0.29, 0.717) is 15.9 Å². The SMILES string of the molecule is CC(=O)[C]12[CH]3[CH]4[C]5(C[Si](C)(C)C)[C]1(C(C)=O)[Fe]43521678[CH]2[CH]1[CH]6[CH]7[CH]28. The van der Waals surface area contributed by atoms with Crippen LogP contribution in [0.3, 0.4) is 0 Å². The van der Waals surface area contributed by atoms with Crippen molar-refractivity contribution in [1.82, 2.24) is 0 Å². The molecule has 0 radical (unpaired) electrons. The predicted octanol–water partition coefficient (Wildman–Crippen LogP) is 5.00. The molecule has 10 aliphatic heterocycles. The molecular formula is C18H24FeO2Si. The van der Waals surface area contributed by atoms with Crippen molar-refractivity contribution in [3.63, 3.8) is 0 Å². The van der Waals surface area contributed by atoms with E-state index < -0.39 is 14.6 Å². The van der Waals surface area contributed by atoms with Crippen molar-refractivity contribution in [3.05, 3.63) is 0 Å². The van der Waals surface area contributed by atoms with Gasteiger partial charge in [-0.3, -0.25) is 0 Å². The Bertz CT molecular complexity index is 1240. The molecule has 0 aromatic heterocycles. The van der Waals surface area contributed by atoms with Crippen LogP contribution in [0.25, 0.3) is 0 Å². The molecule has 10 heterocycles. The van der Waals surface area contributed by atoms with Gasteiger partial charge < -0.3 is 0 Å². The minimum absolute atomic E-state index is 0.0607. The van der Waals surface area contributed by atoms with Crippen LogP contribution in [0.1, 0.15) is 13.8 Å². The first-order chi connectivity index (χ1) is 9.92. The normalized spacial score (nSPS) is 102. The van der Waals surface area contributed by atoms with Crippen LogP contribution >= 0.6 is 0 Å². The molecule has 22 heavy (non-hydrogen) atoms. The number of hydrogen-bond donors (Lipinski definition) is 0. The van der Waals surface area contributed by atoms with Crippen molar-refractivity contribution in [2.24, 2.45) is 0 Å². The third-order valence-corrected chi connectivity index (χ3v) is 63.1. The van der Waals surface area contributed by atoms with E-state index in [-0.39, 0.29) is 8.63 Å². The van der Waals surface area contributed by atoms with Gasteiger partial charge in [-0.1, -0.05) is 0 Å². The zero-order valence-corrected chi connectivity index (χ0v) is 16.0. The molecule has 5 unspecified atom stereocenters. The zero-order chi connectivity index (χ0) is 15.2. The fraction of sp³-hybridized carbons (Fsp3) is 0.889. The van der Waals surface area contributed by atoms with Crippen LogP contribution in [0.4, 0.5) is 0 Å². The number of Topliss-reactive ketones (excluding diaryl/α,β-unsaturated/α-hetero) is 2.